The van der Waals surface area contributed by atoms with Gasteiger partial charge in [-0.25, -0.2) is 0 Å². The van der Waals surface area contributed by atoms with Gasteiger partial charge in [-0.3, -0.25) is 0 Å². The number of H-pyrrole nitrogens is 1. The average molecular weight is 627 g/mol. The minimum atomic E-state index is 0.908. The Morgan fingerprint density at radius 3 is 2.29 bits per heavy atom. The lowest BCUT2D eigenvalue weighted by molar-refractivity contribution is -0.430. The second-order valence-electron chi connectivity index (χ2n) is 11.2. The van der Waals surface area contributed by atoms with E-state index >= 15 is 0 Å². The monoisotopic (exact) mass is 626 g/mol. The Morgan fingerprint density at radius 2 is 1.50 bits per heavy atom. The third-order valence-corrected chi connectivity index (χ3v) is 8.55. The lowest BCUT2D eigenvalue weighted by Gasteiger charge is -2.22. The summed E-state index contributed by atoms with van der Waals surface area (Å²) in [6.45, 7) is 14.0. The van der Waals surface area contributed by atoms with Gasteiger partial charge in [0.2, 0.25) is 11.4 Å². The molecule has 4 heteroatoms. The van der Waals surface area contributed by atoms with Gasteiger partial charge in [-0.05, 0) is 91.5 Å². The van der Waals surface area contributed by atoms with Crippen molar-refractivity contribution in [1.82, 2.24) is 9.56 Å². The Bertz CT molecular complexity index is 2290. The molecule has 0 atom stereocenters. The van der Waals surface area contributed by atoms with Gasteiger partial charge in [0.1, 0.15) is 17.5 Å². The van der Waals surface area contributed by atoms with Gasteiger partial charge in [-0.2, -0.15) is 9.15 Å². The van der Waals surface area contributed by atoms with Crippen molar-refractivity contribution in [3.63, 3.8) is 0 Å². The minimum Gasteiger partial charge on any atom is -0.355 e. The Kier molecular flexibility index (Phi) is 9.54. The van der Waals surface area contributed by atoms with Crippen molar-refractivity contribution in [2.45, 2.75) is 34.6 Å². The number of hydrogen-bond donors (Lipinski definition) is 1. The van der Waals surface area contributed by atoms with Crippen molar-refractivity contribution < 1.29 is 4.58 Å². The average Bonchev–Trinajstić information content (AvgIpc) is 3.65. The molecule has 0 radical (unpaired) electrons. The fourth-order valence-electron chi connectivity index (χ4n) is 6.46. The zero-order chi connectivity index (χ0) is 33.6. The highest BCUT2D eigenvalue weighted by molar-refractivity contribution is 6.10. The van der Waals surface area contributed by atoms with Gasteiger partial charge in [-0.1, -0.05) is 81.1 Å². The number of hydrogen-bond acceptors (Lipinski definition) is 1. The summed E-state index contributed by atoms with van der Waals surface area (Å²) in [5.41, 5.74) is 12.7. The van der Waals surface area contributed by atoms with Gasteiger partial charge in [0, 0.05) is 33.9 Å². The summed E-state index contributed by atoms with van der Waals surface area (Å²) in [6.07, 6.45) is 20.2. The first kappa shape index (κ1) is 32.1. The number of aromatic nitrogens is 1. The van der Waals surface area contributed by atoms with Crippen molar-refractivity contribution in [2.75, 3.05) is 0 Å². The number of amidine groups is 1. The number of rotatable bonds is 6. The van der Waals surface area contributed by atoms with E-state index in [2.05, 4.69) is 137 Å². The summed E-state index contributed by atoms with van der Waals surface area (Å²) in [5.74, 6) is 0.908. The van der Waals surface area contributed by atoms with Gasteiger partial charge in [-0.15, -0.1) is 0 Å². The van der Waals surface area contributed by atoms with E-state index in [0.717, 1.165) is 45.2 Å². The number of fused-ring (bicyclic) bond motifs is 6. The number of para-hydroxylation sites is 2. The molecular weight excluding hydrogens is 585 g/mol. The van der Waals surface area contributed by atoms with E-state index in [1.54, 1.807) is 0 Å². The van der Waals surface area contributed by atoms with E-state index in [1.165, 1.54) is 33.0 Å². The van der Waals surface area contributed by atoms with E-state index in [0.29, 0.717) is 0 Å². The molecule has 0 fully saturated rings. The topological polar surface area (TPSA) is 34.2 Å². The van der Waals surface area contributed by atoms with Crippen LogP contribution in [-0.4, -0.2) is 27.8 Å². The molecule has 48 heavy (non-hydrogen) atoms. The van der Waals surface area contributed by atoms with Crippen LogP contribution in [0.3, 0.4) is 0 Å². The lowest BCUT2D eigenvalue weighted by atomic mass is 9.98. The van der Waals surface area contributed by atoms with Gasteiger partial charge in [0.05, 0.1) is 17.2 Å². The van der Waals surface area contributed by atoms with Crippen LogP contribution < -0.4 is 4.58 Å². The molecule has 0 unspecified atom stereocenters. The van der Waals surface area contributed by atoms with Crippen LogP contribution in [0, 0.1) is 0 Å². The van der Waals surface area contributed by atoms with Crippen molar-refractivity contribution in [3.05, 3.63) is 157 Å². The molecule has 1 aromatic heterocycles. The van der Waals surface area contributed by atoms with Crippen LogP contribution in [-0.2, 0) is 0 Å². The molecule has 0 bridgehead atoms. The standard InChI is InChI=1S/C42H36N4.C2H6/c1-5-9-25-43-42-32(8-4)41(46(42)31(14-6-2)15-7-3)24-26-45-39-19-13-11-17-34(39)36-28-30(21-23-40(36)45)29-20-22-38-35(27-29)33-16-10-12-18-37(33)44-38;1-2/h5-28,44H,2H2,1,3-4H3;1-2H3/q+2;/b9-5-,15-7-,31-14+,32-8+;. The predicted molar refractivity (Wildman–Crippen MR) is 209 cm³/mol. The molecule has 7 rings (SSSR count). The van der Waals surface area contributed by atoms with Crippen molar-refractivity contribution in [1.29, 1.82) is 0 Å². The SMILES string of the molecule is C=C/C=C(\C=C/C)[N+]1=C(N=C/C=C\C)C(=C/C)/C1=C\C=[N+]1c2ccccc2-c2cc(-c3ccc4[nH]c5ccccc5c4c3)ccc21.CC. The van der Waals surface area contributed by atoms with Crippen molar-refractivity contribution in [3.8, 4) is 22.3 Å². The molecule has 1 N–H and O–H groups in total. The summed E-state index contributed by atoms with van der Waals surface area (Å²) >= 11 is 0. The minimum absolute atomic E-state index is 0.908. The van der Waals surface area contributed by atoms with Crippen LogP contribution in [0.15, 0.2) is 162 Å². The predicted octanol–water partition coefficient (Wildman–Crippen LogP) is 11.4. The van der Waals surface area contributed by atoms with Crippen LogP contribution in [0.5, 0.6) is 0 Å². The summed E-state index contributed by atoms with van der Waals surface area (Å²) in [6, 6.07) is 30.7. The van der Waals surface area contributed by atoms with E-state index in [1.807, 2.05) is 64.3 Å². The first-order chi connectivity index (χ1) is 23.7. The molecule has 2 aliphatic rings. The van der Waals surface area contributed by atoms with Crippen LogP contribution in [0.4, 0.5) is 11.4 Å². The molecule has 0 aliphatic carbocycles. The molecule has 0 saturated heterocycles. The maximum absolute atomic E-state index is 4.79. The molecule has 0 saturated carbocycles. The second-order valence-corrected chi connectivity index (χ2v) is 11.2. The lowest BCUT2D eigenvalue weighted by Crippen LogP contribution is -2.33. The Labute approximate surface area is 283 Å². The highest BCUT2D eigenvalue weighted by Crippen LogP contribution is 2.46. The van der Waals surface area contributed by atoms with Crippen molar-refractivity contribution in [2.24, 2.45) is 4.99 Å². The van der Waals surface area contributed by atoms with E-state index in [9.17, 15) is 0 Å². The first-order valence-corrected chi connectivity index (χ1v) is 16.7. The number of aromatic amines is 1. The highest BCUT2D eigenvalue weighted by atomic mass is 15.2. The molecule has 2 aliphatic heterocycles. The Morgan fingerprint density at radius 1 is 0.771 bits per heavy atom. The number of nitrogens with one attached hydrogen (secondary N) is 1. The van der Waals surface area contributed by atoms with Crippen LogP contribution in [0.1, 0.15) is 34.6 Å². The van der Waals surface area contributed by atoms with Gasteiger partial charge in [0.15, 0.2) is 11.9 Å². The zero-order valence-electron chi connectivity index (χ0n) is 28.4. The number of allylic oxidation sites excluding steroid dienone is 8. The Balaban J connectivity index is 0.00000197. The molecule has 236 valence electrons. The van der Waals surface area contributed by atoms with Crippen molar-refractivity contribution >= 4 is 51.4 Å². The van der Waals surface area contributed by atoms with E-state index in [4.69, 9.17) is 4.99 Å². The summed E-state index contributed by atoms with van der Waals surface area (Å²) in [4.78, 5) is 8.34. The molecular formula is C44H42N4+2. The van der Waals surface area contributed by atoms with Gasteiger partial charge < -0.3 is 4.98 Å². The molecule has 3 heterocycles. The van der Waals surface area contributed by atoms with E-state index < -0.39 is 0 Å². The fraction of sp³-hybridized carbons (Fsp3) is 0.114. The van der Waals surface area contributed by atoms with Gasteiger partial charge >= 0.3 is 5.84 Å². The summed E-state index contributed by atoms with van der Waals surface area (Å²) < 4.78 is 4.48. The maximum atomic E-state index is 4.79. The second kappa shape index (κ2) is 14.3. The van der Waals surface area contributed by atoms with Crippen LogP contribution in [0.25, 0.3) is 44.1 Å². The molecule has 4 aromatic carbocycles. The first-order valence-electron chi connectivity index (χ1n) is 16.7. The van der Waals surface area contributed by atoms with Gasteiger partial charge in [0.25, 0.3) is 0 Å². The molecule has 0 spiro atoms. The maximum Gasteiger partial charge on any atom is 0.339 e. The molecule has 4 nitrogen and oxygen atoms in total. The number of aliphatic imine (C=N–C) groups is 1. The Hall–Kier alpha value is -5.87. The highest BCUT2D eigenvalue weighted by Gasteiger charge is 2.39. The fourth-order valence-corrected chi connectivity index (χ4v) is 6.46. The largest absolute Gasteiger partial charge is 0.355 e. The summed E-state index contributed by atoms with van der Waals surface area (Å²) in [5, 5.41) is 2.49. The van der Waals surface area contributed by atoms with E-state index in [-0.39, 0.29) is 0 Å². The zero-order valence-corrected chi connectivity index (χ0v) is 28.4. The summed E-state index contributed by atoms with van der Waals surface area (Å²) in [7, 11) is 0. The molecule has 5 aromatic rings. The third kappa shape index (κ3) is 5.67. The molecule has 0 amide bonds. The third-order valence-electron chi connectivity index (χ3n) is 8.55. The smallest absolute Gasteiger partial charge is 0.339 e. The normalized spacial score (nSPS) is 16.9. The number of benzene rings is 4. The quantitative estimate of drug-likeness (QED) is 0.108. The number of nitrogens with zero attached hydrogens (tertiary/aromatic N) is 3. The van der Waals surface area contributed by atoms with Crippen LogP contribution >= 0.6 is 0 Å². The van der Waals surface area contributed by atoms with Crippen LogP contribution in [0.2, 0.25) is 0 Å².